The Hall–Kier alpha value is -3.14. The molecule has 0 spiro atoms. The summed E-state index contributed by atoms with van der Waals surface area (Å²) in [5.74, 6) is 1.09. The number of nitrogens with zero attached hydrogens (tertiary/aromatic N) is 6. The highest BCUT2D eigenvalue weighted by molar-refractivity contribution is 7.90. The summed E-state index contributed by atoms with van der Waals surface area (Å²) in [5, 5.41) is 4.23. The molecule has 2 aromatic heterocycles. The molecule has 10 heteroatoms. The van der Waals surface area contributed by atoms with Crippen molar-refractivity contribution >= 4 is 15.7 Å². The lowest BCUT2D eigenvalue weighted by molar-refractivity contribution is 0.0670. The molecule has 1 atom stereocenters. The van der Waals surface area contributed by atoms with E-state index in [9.17, 15) is 13.2 Å². The van der Waals surface area contributed by atoms with Crippen molar-refractivity contribution in [1.82, 2.24) is 29.6 Å². The van der Waals surface area contributed by atoms with Crippen LogP contribution in [0.1, 0.15) is 42.0 Å². The quantitative estimate of drug-likeness (QED) is 0.569. The predicted molar refractivity (Wildman–Crippen MR) is 109 cm³/mol. The van der Waals surface area contributed by atoms with E-state index in [0.717, 1.165) is 19.1 Å². The second kappa shape index (κ2) is 7.94. The number of amides is 1. The second-order valence-electron chi connectivity index (χ2n) is 7.46. The molecule has 1 aliphatic rings. The lowest BCUT2D eigenvalue weighted by Gasteiger charge is -2.29. The Bertz CT molecular complexity index is 1160. The van der Waals surface area contributed by atoms with Gasteiger partial charge in [-0.05, 0) is 49.9 Å². The van der Waals surface area contributed by atoms with E-state index in [1.165, 1.54) is 23.1 Å². The minimum atomic E-state index is -3.42. The Morgan fingerprint density at radius 2 is 1.93 bits per heavy atom. The molecular formula is C20H22N6O3S. The van der Waals surface area contributed by atoms with E-state index in [1.54, 1.807) is 35.5 Å². The van der Waals surface area contributed by atoms with Gasteiger partial charge in [0, 0.05) is 30.8 Å². The Labute approximate surface area is 174 Å². The fourth-order valence-corrected chi connectivity index (χ4v) is 3.92. The zero-order chi connectivity index (χ0) is 21.3. The van der Waals surface area contributed by atoms with Crippen molar-refractivity contribution in [3.8, 4) is 5.95 Å². The largest absolute Gasteiger partial charge is 0.328 e. The third-order valence-corrected chi connectivity index (χ3v) is 6.19. The maximum absolute atomic E-state index is 13.4. The first kappa shape index (κ1) is 20.1. The van der Waals surface area contributed by atoms with Gasteiger partial charge < -0.3 is 4.90 Å². The lowest BCUT2D eigenvalue weighted by atomic mass is 10.1. The number of hydrogen-bond acceptors (Lipinski definition) is 7. The molecule has 9 nitrogen and oxygen atoms in total. The molecule has 3 aromatic rings. The molecule has 1 aromatic carbocycles. The molecule has 0 bridgehead atoms. The van der Waals surface area contributed by atoms with Crippen LogP contribution in [-0.2, 0) is 9.84 Å². The topological polar surface area (TPSA) is 111 Å². The molecule has 1 aliphatic carbocycles. The van der Waals surface area contributed by atoms with Gasteiger partial charge in [0.2, 0.25) is 0 Å². The van der Waals surface area contributed by atoms with Crippen molar-refractivity contribution in [3.05, 3.63) is 60.4 Å². The Kier molecular flexibility index (Phi) is 5.33. The summed E-state index contributed by atoms with van der Waals surface area (Å²) in [6.07, 6.45) is 7.89. The summed E-state index contributed by atoms with van der Waals surface area (Å²) in [6, 6.07) is 7.44. The number of sulfone groups is 1. The van der Waals surface area contributed by atoms with Crippen molar-refractivity contribution in [3.63, 3.8) is 0 Å². The molecule has 1 fully saturated rings. The van der Waals surface area contributed by atoms with E-state index in [2.05, 4.69) is 20.1 Å². The summed E-state index contributed by atoms with van der Waals surface area (Å²) in [4.78, 5) is 28.0. The van der Waals surface area contributed by atoms with Gasteiger partial charge >= 0.3 is 0 Å². The molecule has 156 valence electrons. The first-order valence-electron chi connectivity index (χ1n) is 9.63. The molecule has 1 unspecified atom stereocenters. The predicted octanol–water partition coefficient (Wildman–Crippen LogP) is 2.07. The maximum atomic E-state index is 13.4. The molecule has 0 saturated heterocycles. The van der Waals surface area contributed by atoms with Gasteiger partial charge in [0.25, 0.3) is 11.9 Å². The van der Waals surface area contributed by atoms with E-state index in [4.69, 9.17) is 0 Å². The van der Waals surface area contributed by atoms with Crippen LogP contribution in [0.3, 0.4) is 0 Å². The zero-order valence-corrected chi connectivity index (χ0v) is 17.5. The van der Waals surface area contributed by atoms with E-state index in [-0.39, 0.29) is 10.8 Å². The SMILES string of the molecule is CC(c1ncnn1-c1ncccn1)N(CC1CC1)C(=O)c1cccc(S(C)(=O)=O)c1. The average molecular weight is 427 g/mol. The van der Waals surface area contributed by atoms with Crippen LogP contribution in [0.25, 0.3) is 5.95 Å². The third-order valence-electron chi connectivity index (χ3n) is 5.08. The van der Waals surface area contributed by atoms with E-state index in [1.807, 2.05) is 6.92 Å². The van der Waals surface area contributed by atoms with Crippen LogP contribution >= 0.6 is 0 Å². The molecule has 1 saturated carbocycles. The van der Waals surface area contributed by atoms with Crippen LogP contribution in [0, 0.1) is 5.92 Å². The second-order valence-corrected chi connectivity index (χ2v) is 9.47. The van der Waals surface area contributed by atoms with Crippen molar-refractivity contribution in [2.75, 3.05) is 12.8 Å². The fraction of sp³-hybridized carbons (Fsp3) is 0.350. The van der Waals surface area contributed by atoms with Crippen LogP contribution in [0.2, 0.25) is 0 Å². The van der Waals surface area contributed by atoms with Crippen LogP contribution in [-0.4, -0.2) is 56.8 Å². The maximum Gasteiger partial charge on any atom is 0.254 e. The number of rotatable bonds is 7. The van der Waals surface area contributed by atoms with Gasteiger partial charge in [0.1, 0.15) is 6.33 Å². The highest BCUT2D eigenvalue weighted by Crippen LogP contribution is 2.33. The smallest absolute Gasteiger partial charge is 0.254 e. The van der Waals surface area contributed by atoms with Gasteiger partial charge in [-0.1, -0.05) is 6.07 Å². The van der Waals surface area contributed by atoms with Crippen molar-refractivity contribution in [2.24, 2.45) is 5.92 Å². The van der Waals surface area contributed by atoms with Crippen LogP contribution < -0.4 is 0 Å². The van der Waals surface area contributed by atoms with Crippen molar-refractivity contribution < 1.29 is 13.2 Å². The summed E-state index contributed by atoms with van der Waals surface area (Å²) in [7, 11) is -3.42. The number of benzene rings is 1. The Morgan fingerprint density at radius 3 is 2.60 bits per heavy atom. The summed E-state index contributed by atoms with van der Waals surface area (Å²) >= 11 is 0. The number of hydrogen-bond donors (Lipinski definition) is 0. The number of carbonyl (C=O) groups is 1. The molecular weight excluding hydrogens is 404 g/mol. The molecule has 4 rings (SSSR count). The minimum Gasteiger partial charge on any atom is -0.328 e. The van der Waals surface area contributed by atoms with Gasteiger partial charge in [-0.3, -0.25) is 4.79 Å². The summed E-state index contributed by atoms with van der Waals surface area (Å²) in [5.41, 5.74) is 0.326. The van der Waals surface area contributed by atoms with Crippen LogP contribution in [0.15, 0.2) is 53.9 Å². The van der Waals surface area contributed by atoms with Gasteiger partial charge in [-0.15, -0.1) is 0 Å². The summed E-state index contributed by atoms with van der Waals surface area (Å²) in [6.45, 7) is 2.44. The third kappa shape index (κ3) is 4.23. The minimum absolute atomic E-state index is 0.119. The zero-order valence-electron chi connectivity index (χ0n) is 16.7. The first-order chi connectivity index (χ1) is 14.3. The average Bonchev–Trinajstić information content (AvgIpc) is 3.43. The van der Waals surface area contributed by atoms with E-state index in [0.29, 0.717) is 29.8 Å². The molecule has 1 amide bonds. The van der Waals surface area contributed by atoms with Gasteiger partial charge in [0.15, 0.2) is 15.7 Å². The standard InChI is InChI=1S/C20H22N6O3S/c1-14(18-23-13-24-26(18)20-21-9-4-10-22-20)25(12-15-7-8-15)19(27)16-5-3-6-17(11-16)30(2,28)29/h3-6,9-11,13-15H,7-8,12H2,1-2H3. The number of aromatic nitrogens is 5. The van der Waals surface area contributed by atoms with Crippen LogP contribution in [0.5, 0.6) is 0 Å². The first-order valence-corrected chi connectivity index (χ1v) is 11.5. The van der Waals surface area contributed by atoms with Crippen LogP contribution in [0.4, 0.5) is 0 Å². The van der Waals surface area contributed by atoms with Crippen molar-refractivity contribution in [2.45, 2.75) is 30.7 Å². The fourth-order valence-electron chi connectivity index (χ4n) is 3.25. The monoisotopic (exact) mass is 426 g/mol. The lowest BCUT2D eigenvalue weighted by Crippen LogP contribution is -2.36. The highest BCUT2D eigenvalue weighted by Gasteiger charge is 2.33. The molecule has 30 heavy (non-hydrogen) atoms. The van der Waals surface area contributed by atoms with Gasteiger partial charge in [-0.25, -0.2) is 23.4 Å². The van der Waals surface area contributed by atoms with E-state index < -0.39 is 15.9 Å². The molecule has 0 aliphatic heterocycles. The number of carbonyl (C=O) groups excluding carboxylic acids is 1. The van der Waals surface area contributed by atoms with E-state index >= 15 is 0 Å². The normalized spacial score (nSPS) is 15.0. The molecule has 0 N–H and O–H groups in total. The van der Waals surface area contributed by atoms with Gasteiger partial charge in [0.05, 0.1) is 10.9 Å². The molecule has 0 radical (unpaired) electrons. The molecule has 2 heterocycles. The highest BCUT2D eigenvalue weighted by atomic mass is 32.2. The summed E-state index contributed by atoms with van der Waals surface area (Å²) < 4.78 is 25.4. The Balaban J connectivity index is 1.69. The van der Waals surface area contributed by atoms with Crippen molar-refractivity contribution in [1.29, 1.82) is 0 Å². The van der Waals surface area contributed by atoms with Gasteiger partial charge in [-0.2, -0.15) is 9.78 Å². The Morgan fingerprint density at radius 1 is 1.20 bits per heavy atom.